The van der Waals surface area contributed by atoms with Crippen LogP contribution in [-0.4, -0.2) is 38.6 Å². The Morgan fingerprint density at radius 2 is 1.47 bits per heavy atom. The molecule has 2 aliphatic heterocycles. The molecule has 0 bridgehead atoms. The second kappa shape index (κ2) is 10.1. The maximum absolute atomic E-state index is 4.80. The number of nitrogens with one attached hydrogen (secondary N) is 4. The molecule has 2 aliphatic rings. The monoisotopic (exact) mass is 496 g/mol. The second-order valence-corrected chi connectivity index (χ2v) is 10.4. The highest BCUT2D eigenvalue weighted by molar-refractivity contribution is 7.80. The van der Waals surface area contributed by atoms with Crippen molar-refractivity contribution in [2.75, 3.05) is 6.54 Å². The Morgan fingerprint density at radius 1 is 0.833 bits per heavy atom. The summed E-state index contributed by atoms with van der Waals surface area (Å²) < 4.78 is 0. The highest BCUT2D eigenvalue weighted by atomic mass is 32.1. The summed E-state index contributed by atoms with van der Waals surface area (Å²) >= 11 is 4.80. The fourth-order valence-electron chi connectivity index (χ4n) is 5.32. The van der Waals surface area contributed by atoms with Gasteiger partial charge in [-0.1, -0.05) is 54.6 Å². The van der Waals surface area contributed by atoms with Crippen molar-refractivity contribution >= 4 is 12.6 Å². The van der Waals surface area contributed by atoms with Gasteiger partial charge in [-0.25, -0.2) is 9.97 Å². The van der Waals surface area contributed by atoms with Crippen molar-refractivity contribution in [1.29, 1.82) is 0 Å². The minimum Gasteiger partial charge on any atom is -0.341 e. The predicted molar refractivity (Wildman–Crippen MR) is 149 cm³/mol. The first-order chi connectivity index (χ1) is 17.7. The molecule has 2 fully saturated rings. The second-order valence-electron chi connectivity index (χ2n) is 9.81. The third-order valence-corrected chi connectivity index (χ3v) is 8.08. The molecule has 0 radical (unpaired) electrons. The van der Waals surface area contributed by atoms with Crippen molar-refractivity contribution in [1.82, 2.24) is 30.6 Å². The highest BCUT2D eigenvalue weighted by Gasteiger charge is 2.26. The average Bonchev–Trinajstić information content (AvgIpc) is 3.75. The number of thiol groups is 1. The van der Waals surface area contributed by atoms with Gasteiger partial charge < -0.3 is 20.6 Å². The minimum atomic E-state index is 0.0866. The van der Waals surface area contributed by atoms with Crippen molar-refractivity contribution in [3.63, 3.8) is 0 Å². The van der Waals surface area contributed by atoms with Crippen LogP contribution in [0.15, 0.2) is 73.6 Å². The number of aromatic amines is 2. The van der Waals surface area contributed by atoms with Gasteiger partial charge in [-0.3, -0.25) is 0 Å². The first-order valence-corrected chi connectivity index (χ1v) is 13.3. The van der Waals surface area contributed by atoms with Gasteiger partial charge in [-0.2, -0.15) is 12.6 Å². The van der Waals surface area contributed by atoms with Gasteiger partial charge in [0, 0.05) is 12.1 Å². The van der Waals surface area contributed by atoms with Crippen LogP contribution in [0.1, 0.15) is 48.6 Å². The van der Waals surface area contributed by atoms with E-state index < -0.39 is 0 Å². The molecule has 4 unspecified atom stereocenters. The van der Waals surface area contributed by atoms with Crippen molar-refractivity contribution in [2.24, 2.45) is 0 Å². The molecule has 6 nitrogen and oxygen atoms in total. The molecule has 0 saturated carbocycles. The van der Waals surface area contributed by atoms with E-state index >= 15 is 0 Å². The zero-order valence-corrected chi connectivity index (χ0v) is 21.1. The third-order valence-electron chi connectivity index (χ3n) is 7.47. The molecule has 4 N–H and O–H groups in total. The predicted octanol–water partition coefficient (Wildman–Crippen LogP) is 5.84. The van der Waals surface area contributed by atoms with Crippen molar-refractivity contribution in [2.45, 2.75) is 49.1 Å². The lowest BCUT2D eigenvalue weighted by Crippen LogP contribution is -2.26. The third kappa shape index (κ3) is 4.66. The number of hydrogen-bond donors (Lipinski definition) is 5. The fourth-order valence-corrected chi connectivity index (χ4v) is 5.71. The Kier molecular flexibility index (Phi) is 6.52. The van der Waals surface area contributed by atoms with E-state index in [2.05, 4.69) is 85.7 Å². The highest BCUT2D eigenvalue weighted by Crippen LogP contribution is 2.31. The maximum Gasteiger partial charge on any atom is 0.123 e. The maximum atomic E-state index is 4.80. The summed E-state index contributed by atoms with van der Waals surface area (Å²) in [7, 11) is 0. The van der Waals surface area contributed by atoms with E-state index in [9.17, 15) is 0 Å². The van der Waals surface area contributed by atoms with Gasteiger partial charge in [0.25, 0.3) is 0 Å². The number of benzene rings is 2. The van der Waals surface area contributed by atoms with Gasteiger partial charge in [0.05, 0.1) is 35.1 Å². The van der Waals surface area contributed by atoms with E-state index in [1.54, 1.807) is 0 Å². The minimum absolute atomic E-state index is 0.0866. The van der Waals surface area contributed by atoms with Gasteiger partial charge in [0.15, 0.2) is 0 Å². The Balaban J connectivity index is 1.13. The van der Waals surface area contributed by atoms with Gasteiger partial charge in [0.1, 0.15) is 11.6 Å². The van der Waals surface area contributed by atoms with E-state index in [1.165, 1.54) is 17.5 Å². The summed E-state index contributed by atoms with van der Waals surface area (Å²) in [6.45, 7) is 4.96. The molecular formula is C29H32N6S. The van der Waals surface area contributed by atoms with Crippen molar-refractivity contribution in [3.8, 4) is 33.6 Å². The summed E-state index contributed by atoms with van der Waals surface area (Å²) in [5.74, 6) is 1.93. The molecule has 6 rings (SSSR count). The van der Waals surface area contributed by atoms with E-state index in [4.69, 9.17) is 12.6 Å². The number of hydrogen-bond acceptors (Lipinski definition) is 5. The topological polar surface area (TPSA) is 81.4 Å². The van der Waals surface area contributed by atoms with E-state index in [0.717, 1.165) is 60.0 Å². The van der Waals surface area contributed by atoms with Crippen molar-refractivity contribution < 1.29 is 0 Å². The van der Waals surface area contributed by atoms with Crippen LogP contribution in [0, 0.1) is 0 Å². The SMILES string of the molecule is C=CC1CCC(c2ncc(-c3ccc(-c4ccc(-c5cnc(C(S)C6CCCN6)[nH]5)cc4)cc3)[nH]2)N1. The van der Waals surface area contributed by atoms with Gasteiger partial charge in [-0.05, 0) is 54.5 Å². The normalized spacial score (nSPS) is 22.6. The molecular weight excluding hydrogens is 464 g/mol. The molecule has 4 aromatic rings. The lowest BCUT2D eigenvalue weighted by atomic mass is 10.0. The van der Waals surface area contributed by atoms with Gasteiger partial charge in [0.2, 0.25) is 0 Å². The molecule has 2 aromatic heterocycles. The Labute approximate surface area is 217 Å². The smallest absolute Gasteiger partial charge is 0.123 e. The van der Waals surface area contributed by atoms with Crippen LogP contribution in [0.25, 0.3) is 33.6 Å². The van der Waals surface area contributed by atoms with Gasteiger partial charge >= 0.3 is 0 Å². The van der Waals surface area contributed by atoms with Crippen LogP contribution in [0.5, 0.6) is 0 Å². The standard InChI is InChI=1S/C29H32N6S/c1-2-22-13-14-24(33-22)28-31-16-25(34-28)20-9-5-18(6-10-20)19-7-11-21(12-8-19)26-17-32-29(35-26)27(36)23-4-3-15-30-23/h2,5-12,16-17,22-24,27,30,33,36H,1,3-4,13-15H2,(H,31,34)(H,32,35). The van der Waals surface area contributed by atoms with Crippen molar-refractivity contribution in [3.05, 3.63) is 85.2 Å². The van der Waals surface area contributed by atoms with E-state index in [0.29, 0.717) is 12.1 Å². The van der Waals surface area contributed by atoms with Crippen LogP contribution in [0.2, 0.25) is 0 Å². The molecule has 4 heterocycles. The zero-order chi connectivity index (χ0) is 24.5. The first kappa shape index (κ1) is 23.3. The zero-order valence-electron chi connectivity index (χ0n) is 20.2. The van der Waals surface area contributed by atoms with Crippen LogP contribution >= 0.6 is 12.6 Å². The first-order valence-electron chi connectivity index (χ1n) is 12.8. The molecule has 4 atom stereocenters. The average molecular weight is 497 g/mol. The Hall–Kier alpha value is -3.13. The molecule has 7 heteroatoms. The Morgan fingerprint density at radius 3 is 2.08 bits per heavy atom. The quantitative estimate of drug-likeness (QED) is 0.165. The lowest BCUT2D eigenvalue weighted by molar-refractivity contribution is 0.580. The van der Waals surface area contributed by atoms with Crippen LogP contribution in [-0.2, 0) is 0 Å². The molecule has 2 aromatic carbocycles. The van der Waals surface area contributed by atoms with Crippen LogP contribution in [0.3, 0.4) is 0 Å². The van der Waals surface area contributed by atoms with Gasteiger partial charge in [-0.15, -0.1) is 6.58 Å². The molecule has 184 valence electrons. The summed E-state index contributed by atoms with van der Waals surface area (Å²) in [5, 5.41) is 7.16. The number of rotatable bonds is 7. The Bertz CT molecular complexity index is 1320. The largest absolute Gasteiger partial charge is 0.341 e. The summed E-state index contributed by atoms with van der Waals surface area (Å²) in [6, 6.07) is 18.3. The van der Waals surface area contributed by atoms with Crippen LogP contribution in [0.4, 0.5) is 0 Å². The number of nitrogens with zero attached hydrogens (tertiary/aromatic N) is 2. The fraction of sp³-hybridized carbons (Fsp3) is 0.310. The van der Waals surface area contributed by atoms with E-state index in [-0.39, 0.29) is 11.3 Å². The number of imidazole rings is 2. The molecule has 0 amide bonds. The summed E-state index contributed by atoms with van der Waals surface area (Å²) in [4.78, 5) is 16.2. The summed E-state index contributed by atoms with van der Waals surface area (Å²) in [5.41, 5.74) is 6.69. The lowest BCUT2D eigenvalue weighted by Gasteiger charge is -2.16. The van der Waals surface area contributed by atoms with E-state index in [1.807, 2.05) is 18.5 Å². The summed E-state index contributed by atoms with van der Waals surface area (Å²) in [6.07, 6.45) is 10.3. The molecule has 0 spiro atoms. The molecule has 36 heavy (non-hydrogen) atoms. The number of aromatic nitrogens is 4. The number of H-pyrrole nitrogens is 2. The van der Waals surface area contributed by atoms with Crippen LogP contribution < -0.4 is 10.6 Å². The molecule has 2 saturated heterocycles. The molecule has 0 aliphatic carbocycles.